The Kier molecular flexibility index (Phi) is 4.51. The van der Waals surface area contributed by atoms with Crippen molar-refractivity contribution in [2.45, 2.75) is 39.4 Å². The van der Waals surface area contributed by atoms with Crippen LogP contribution in [0.1, 0.15) is 24.5 Å². The van der Waals surface area contributed by atoms with E-state index in [9.17, 15) is 5.11 Å². The van der Waals surface area contributed by atoms with Gasteiger partial charge >= 0.3 is 0 Å². The summed E-state index contributed by atoms with van der Waals surface area (Å²) in [5, 5.41) is 12.8. The van der Waals surface area contributed by atoms with Gasteiger partial charge in [0.2, 0.25) is 0 Å². The molecule has 2 atom stereocenters. The van der Waals surface area contributed by atoms with E-state index in [4.69, 9.17) is 4.74 Å². The highest BCUT2D eigenvalue weighted by Gasteiger charge is 2.15. The minimum atomic E-state index is -0.462. The van der Waals surface area contributed by atoms with E-state index in [2.05, 4.69) is 4.98 Å². The molecule has 2 unspecified atom stereocenters. The van der Waals surface area contributed by atoms with Crippen molar-refractivity contribution < 1.29 is 9.84 Å². The zero-order valence-electron chi connectivity index (χ0n) is 8.86. The van der Waals surface area contributed by atoms with Crippen molar-refractivity contribution in [2.75, 3.05) is 6.61 Å². The van der Waals surface area contributed by atoms with Gasteiger partial charge in [0.05, 0.1) is 22.9 Å². The lowest BCUT2D eigenvalue weighted by Crippen LogP contribution is -2.28. The summed E-state index contributed by atoms with van der Waals surface area (Å²) in [4.78, 5) is 4.30. The zero-order valence-corrected chi connectivity index (χ0v) is 9.67. The molecule has 1 heterocycles. The van der Waals surface area contributed by atoms with Crippen LogP contribution in [-0.2, 0) is 11.2 Å². The van der Waals surface area contributed by atoms with Gasteiger partial charge in [-0.3, -0.25) is 0 Å². The number of aromatic nitrogens is 1. The minimum absolute atomic E-state index is 0.123. The number of nitrogens with zero attached hydrogens (tertiary/aromatic N) is 1. The molecule has 1 rings (SSSR count). The molecule has 4 heteroatoms. The summed E-state index contributed by atoms with van der Waals surface area (Å²) in [6.07, 6.45) is -0.00986. The molecule has 0 aliphatic heterocycles. The van der Waals surface area contributed by atoms with Crippen molar-refractivity contribution in [3.05, 3.63) is 16.1 Å². The Bertz CT molecular complexity index is 275. The molecule has 1 aromatic heterocycles. The second-order valence-electron chi connectivity index (χ2n) is 3.29. The molecule has 1 N–H and O–H groups in total. The summed E-state index contributed by atoms with van der Waals surface area (Å²) in [5.74, 6) is 0. The molecule has 0 saturated heterocycles. The van der Waals surface area contributed by atoms with E-state index >= 15 is 0 Å². The van der Waals surface area contributed by atoms with Gasteiger partial charge in [-0.05, 0) is 20.8 Å². The molecule has 0 bridgehead atoms. The summed E-state index contributed by atoms with van der Waals surface area (Å²) in [6, 6.07) is 0. The van der Waals surface area contributed by atoms with Gasteiger partial charge in [-0.25, -0.2) is 4.98 Å². The number of rotatable bonds is 5. The predicted molar refractivity (Wildman–Crippen MR) is 57.6 cm³/mol. The van der Waals surface area contributed by atoms with E-state index in [1.807, 2.05) is 26.2 Å². The average molecular weight is 215 g/mol. The normalized spacial score (nSPS) is 15.4. The van der Waals surface area contributed by atoms with Gasteiger partial charge in [-0.2, -0.15) is 0 Å². The number of aryl methyl sites for hydroxylation is 1. The van der Waals surface area contributed by atoms with E-state index in [1.54, 1.807) is 11.3 Å². The molecule has 0 radical (unpaired) electrons. The zero-order chi connectivity index (χ0) is 10.6. The molecule has 0 spiro atoms. The van der Waals surface area contributed by atoms with Crippen LogP contribution in [0, 0.1) is 6.92 Å². The third kappa shape index (κ3) is 3.36. The van der Waals surface area contributed by atoms with Crippen LogP contribution in [0.2, 0.25) is 0 Å². The van der Waals surface area contributed by atoms with Gasteiger partial charge < -0.3 is 9.84 Å². The third-order valence-corrected chi connectivity index (χ3v) is 2.88. The molecule has 80 valence electrons. The van der Waals surface area contributed by atoms with Gasteiger partial charge in [0, 0.05) is 18.4 Å². The smallest absolute Gasteiger partial charge is 0.0897 e. The SMILES string of the molecule is CCOC(C)C(O)Cc1csc(C)n1. The minimum Gasteiger partial charge on any atom is -0.390 e. The highest BCUT2D eigenvalue weighted by Crippen LogP contribution is 2.12. The topological polar surface area (TPSA) is 42.4 Å². The summed E-state index contributed by atoms with van der Waals surface area (Å²) in [5.41, 5.74) is 0.951. The Morgan fingerprint density at radius 3 is 2.86 bits per heavy atom. The molecule has 0 aliphatic rings. The van der Waals surface area contributed by atoms with Crippen molar-refractivity contribution in [3.63, 3.8) is 0 Å². The van der Waals surface area contributed by atoms with Gasteiger partial charge in [0.15, 0.2) is 0 Å². The maximum absolute atomic E-state index is 9.75. The van der Waals surface area contributed by atoms with Crippen molar-refractivity contribution in [2.24, 2.45) is 0 Å². The highest BCUT2D eigenvalue weighted by atomic mass is 32.1. The van der Waals surface area contributed by atoms with Crippen LogP contribution >= 0.6 is 11.3 Å². The third-order valence-electron chi connectivity index (χ3n) is 2.06. The maximum Gasteiger partial charge on any atom is 0.0897 e. The Hall–Kier alpha value is -0.450. The van der Waals surface area contributed by atoms with E-state index in [-0.39, 0.29) is 6.10 Å². The molecule has 0 aliphatic carbocycles. The van der Waals surface area contributed by atoms with Crippen LogP contribution in [0.15, 0.2) is 5.38 Å². The molecule has 1 aromatic rings. The lowest BCUT2D eigenvalue weighted by atomic mass is 10.1. The average Bonchev–Trinajstić information content (AvgIpc) is 2.51. The second-order valence-corrected chi connectivity index (χ2v) is 4.35. The van der Waals surface area contributed by atoms with Gasteiger partial charge in [0.1, 0.15) is 0 Å². The number of hydrogen-bond donors (Lipinski definition) is 1. The Balaban J connectivity index is 2.43. The lowest BCUT2D eigenvalue weighted by molar-refractivity contribution is -0.0211. The van der Waals surface area contributed by atoms with Crippen molar-refractivity contribution in [1.82, 2.24) is 4.98 Å². The number of thiazole rings is 1. The first-order valence-electron chi connectivity index (χ1n) is 4.84. The summed E-state index contributed by atoms with van der Waals surface area (Å²) < 4.78 is 5.31. The van der Waals surface area contributed by atoms with Gasteiger partial charge in [-0.15, -0.1) is 11.3 Å². The van der Waals surface area contributed by atoms with Crippen LogP contribution < -0.4 is 0 Å². The predicted octanol–water partition coefficient (Wildman–Crippen LogP) is 1.78. The van der Waals surface area contributed by atoms with Gasteiger partial charge in [-0.1, -0.05) is 0 Å². The van der Waals surface area contributed by atoms with Crippen LogP contribution in [0.25, 0.3) is 0 Å². The largest absolute Gasteiger partial charge is 0.390 e. The maximum atomic E-state index is 9.75. The van der Waals surface area contributed by atoms with E-state index < -0.39 is 6.10 Å². The van der Waals surface area contributed by atoms with Crippen molar-refractivity contribution in [3.8, 4) is 0 Å². The Morgan fingerprint density at radius 2 is 2.36 bits per heavy atom. The fourth-order valence-corrected chi connectivity index (χ4v) is 1.88. The van der Waals surface area contributed by atoms with E-state index in [0.717, 1.165) is 10.7 Å². The summed E-state index contributed by atoms with van der Waals surface area (Å²) in [7, 11) is 0. The van der Waals surface area contributed by atoms with Crippen molar-refractivity contribution >= 4 is 11.3 Å². The van der Waals surface area contributed by atoms with Crippen LogP contribution in [0.5, 0.6) is 0 Å². The quantitative estimate of drug-likeness (QED) is 0.814. The highest BCUT2D eigenvalue weighted by molar-refractivity contribution is 7.09. The molecular weight excluding hydrogens is 198 g/mol. The first kappa shape index (κ1) is 11.6. The molecule has 0 aromatic carbocycles. The first-order chi connectivity index (χ1) is 6.63. The number of ether oxygens (including phenoxy) is 1. The molecule has 0 saturated carbocycles. The number of aliphatic hydroxyl groups excluding tert-OH is 1. The fourth-order valence-electron chi connectivity index (χ4n) is 1.26. The molecule has 0 fully saturated rings. The van der Waals surface area contributed by atoms with Crippen LogP contribution in [-0.4, -0.2) is 28.9 Å². The second kappa shape index (κ2) is 5.44. The standard InChI is InChI=1S/C10H17NO2S/c1-4-13-7(2)10(12)5-9-6-14-8(3)11-9/h6-7,10,12H,4-5H2,1-3H3. The summed E-state index contributed by atoms with van der Waals surface area (Å²) >= 11 is 1.61. The molecule has 14 heavy (non-hydrogen) atoms. The molecule has 3 nitrogen and oxygen atoms in total. The fraction of sp³-hybridized carbons (Fsp3) is 0.700. The monoisotopic (exact) mass is 215 g/mol. The first-order valence-corrected chi connectivity index (χ1v) is 5.72. The lowest BCUT2D eigenvalue weighted by Gasteiger charge is -2.17. The Morgan fingerprint density at radius 1 is 1.64 bits per heavy atom. The summed E-state index contributed by atoms with van der Waals surface area (Å²) in [6.45, 7) is 6.41. The van der Waals surface area contributed by atoms with Crippen molar-refractivity contribution in [1.29, 1.82) is 0 Å². The molecule has 0 amide bonds. The van der Waals surface area contributed by atoms with Crippen LogP contribution in [0.4, 0.5) is 0 Å². The van der Waals surface area contributed by atoms with E-state index in [0.29, 0.717) is 13.0 Å². The number of aliphatic hydroxyl groups is 1. The van der Waals surface area contributed by atoms with E-state index in [1.165, 1.54) is 0 Å². The molecular formula is C10H17NO2S. The van der Waals surface area contributed by atoms with Crippen LogP contribution in [0.3, 0.4) is 0 Å². The Labute approximate surface area is 88.8 Å². The number of hydrogen-bond acceptors (Lipinski definition) is 4. The van der Waals surface area contributed by atoms with Gasteiger partial charge in [0.25, 0.3) is 0 Å².